The van der Waals surface area contributed by atoms with E-state index in [1.807, 2.05) is 0 Å². The van der Waals surface area contributed by atoms with Gasteiger partial charge in [-0.1, -0.05) is 0 Å². The van der Waals surface area contributed by atoms with E-state index in [9.17, 15) is 14.0 Å². The molecule has 2 rings (SSSR count). The largest absolute Gasteiger partial charge is 0.305 e. The van der Waals surface area contributed by atoms with Crippen LogP contribution in [0.2, 0.25) is 0 Å². The number of carbonyl (C=O) groups is 2. The third kappa shape index (κ3) is 1.96. The van der Waals surface area contributed by atoms with Crippen molar-refractivity contribution < 1.29 is 14.0 Å². The van der Waals surface area contributed by atoms with Gasteiger partial charge in [-0.25, -0.2) is 4.39 Å². The molecule has 1 aromatic carbocycles. The standard InChI is InChI=1S/C12H12FNO2/c1-8(15)7-14-11-4-3-10(13)6-9(11)2-5-12(14)16/h3-4,6H,2,5,7H2,1H3. The zero-order valence-electron chi connectivity index (χ0n) is 9.00. The molecular weight excluding hydrogens is 209 g/mol. The van der Waals surface area contributed by atoms with Gasteiger partial charge < -0.3 is 4.90 Å². The second kappa shape index (κ2) is 4.04. The van der Waals surface area contributed by atoms with Crippen LogP contribution in [0, 0.1) is 5.82 Å². The number of amides is 1. The quantitative estimate of drug-likeness (QED) is 0.762. The third-order valence-corrected chi connectivity index (χ3v) is 2.62. The van der Waals surface area contributed by atoms with Crippen LogP contribution in [-0.4, -0.2) is 18.2 Å². The van der Waals surface area contributed by atoms with Crippen LogP contribution in [0.4, 0.5) is 10.1 Å². The molecule has 0 saturated heterocycles. The summed E-state index contributed by atoms with van der Waals surface area (Å²) >= 11 is 0. The van der Waals surface area contributed by atoms with Crippen LogP contribution >= 0.6 is 0 Å². The Balaban J connectivity index is 2.40. The fraction of sp³-hybridized carbons (Fsp3) is 0.333. The zero-order chi connectivity index (χ0) is 11.7. The van der Waals surface area contributed by atoms with Crippen LogP contribution in [0.15, 0.2) is 18.2 Å². The highest BCUT2D eigenvalue weighted by molar-refractivity contribution is 6.00. The van der Waals surface area contributed by atoms with Crippen molar-refractivity contribution in [3.8, 4) is 0 Å². The Kier molecular flexibility index (Phi) is 2.73. The lowest BCUT2D eigenvalue weighted by Crippen LogP contribution is -2.38. The van der Waals surface area contributed by atoms with Crippen LogP contribution in [-0.2, 0) is 16.0 Å². The molecular formula is C12H12FNO2. The van der Waals surface area contributed by atoms with Crippen molar-refractivity contribution in [1.29, 1.82) is 0 Å². The van der Waals surface area contributed by atoms with Crippen LogP contribution < -0.4 is 4.90 Å². The van der Waals surface area contributed by atoms with Crippen molar-refractivity contribution in [3.05, 3.63) is 29.6 Å². The smallest absolute Gasteiger partial charge is 0.227 e. The summed E-state index contributed by atoms with van der Waals surface area (Å²) in [6, 6.07) is 4.30. The first-order chi connectivity index (χ1) is 7.58. The predicted octanol–water partition coefficient (Wildman–Crippen LogP) is 1.69. The van der Waals surface area contributed by atoms with E-state index in [0.717, 1.165) is 5.56 Å². The normalized spacial score (nSPS) is 14.9. The van der Waals surface area contributed by atoms with E-state index in [1.165, 1.54) is 24.0 Å². The molecule has 0 aliphatic carbocycles. The van der Waals surface area contributed by atoms with Gasteiger partial charge in [0.15, 0.2) is 0 Å². The van der Waals surface area contributed by atoms with Crippen molar-refractivity contribution in [1.82, 2.24) is 0 Å². The van der Waals surface area contributed by atoms with Crippen molar-refractivity contribution in [2.75, 3.05) is 11.4 Å². The number of Topliss-reactive ketones (excluding diaryl/α,β-unsaturated/α-hetero) is 1. The average Bonchev–Trinajstić information content (AvgIpc) is 2.22. The van der Waals surface area contributed by atoms with E-state index in [1.54, 1.807) is 6.07 Å². The molecule has 84 valence electrons. The summed E-state index contributed by atoms with van der Waals surface area (Å²) in [7, 11) is 0. The van der Waals surface area contributed by atoms with Gasteiger partial charge in [-0.2, -0.15) is 0 Å². The van der Waals surface area contributed by atoms with Crippen molar-refractivity contribution in [2.45, 2.75) is 19.8 Å². The van der Waals surface area contributed by atoms with Gasteiger partial charge in [0, 0.05) is 12.1 Å². The molecule has 1 aromatic rings. The number of aryl methyl sites for hydroxylation is 1. The van der Waals surface area contributed by atoms with Gasteiger partial charge in [0.25, 0.3) is 0 Å². The predicted molar refractivity (Wildman–Crippen MR) is 57.8 cm³/mol. The lowest BCUT2D eigenvalue weighted by atomic mass is 10.0. The monoisotopic (exact) mass is 221 g/mol. The van der Waals surface area contributed by atoms with E-state index >= 15 is 0 Å². The van der Waals surface area contributed by atoms with Crippen molar-refractivity contribution in [3.63, 3.8) is 0 Å². The van der Waals surface area contributed by atoms with E-state index in [-0.39, 0.29) is 24.1 Å². The molecule has 16 heavy (non-hydrogen) atoms. The molecule has 4 heteroatoms. The first-order valence-electron chi connectivity index (χ1n) is 5.16. The lowest BCUT2D eigenvalue weighted by Gasteiger charge is -2.28. The molecule has 0 unspecified atom stereocenters. The topological polar surface area (TPSA) is 37.4 Å². The number of hydrogen-bond acceptors (Lipinski definition) is 2. The second-order valence-corrected chi connectivity index (χ2v) is 3.95. The molecule has 1 aliphatic heterocycles. The first kappa shape index (κ1) is 10.8. The van der Waals surface area contributed by atoms with Gasteiger partial charge in [-0.05, 0) is 37.1 Å². The average molecular weight is 221 g/mol. The first-order valence-corrected chi connectivity index (χ1v) is 5.16. The highest BCUT2D eigenvalue weighted by Gasteiger charge is 2.24. The van der Waals surface area contributed by atoms with Gasteiger partial charge in [0.2, 0.25) is 5.91 Å². The molecule has 0 bridgehead atoms. The summed E-state index contributed by atoms with van der Waals surface area (Å²) < 4.78 is 13.0. The molecule has 3 nitrogen and oxygen atoms in total. The zero-order valence-corrected chi connectivity index (χ0v) is 9.00. The number of benzene rings is 1. The summed E-state index contributed by atoms with van der Waals surface area (Å²) in [6.07, 6.45) is 0.879. The molecule has 0 saturated carbocycles. The summed E-state index contributed by atoms with van der Waals surface area (Å²) in [5.41, 5.74) is 1.45. The summed E-state index contributed by atoms with van der Waals surface area (Å²) in [5, 5.41) is 0. The number of rotatable bonds is 2. The van der Waals surface area contributed by atoms with Gasteiger partial charge in [-0.3, -0.25) is 9.59 Å². The Labute approximate surface area is 92.9 Å². The summed E-state index contributed by atoms with van der Waals surface area (Å²) in [6.45, 7) is 1.50. The van der Waals surface area contributed by atoms with E-state index < -0.39 is 0 Å². The summed E-state index contributed by atoms with van der Waals surface area (Å²) in [4.78, 5) is 24.2. The van der Waals surface area contributed by atoms with Gasteiger partial charge in [0.05, 0.1) is 6.54 Å². The number of halogens is 1. The third-order valence-electron chi connectivity index (χ3n) is 2.62. The van der Waals surface area contributed by atoms with Crippen LogP contribution in [0.5, 0.6) is 0 Å². The Bertz CT molecular complexity index is 456. The SMILES string of the molecule is CC(=O)CN1C(=O)CCc2cc(F)ccc21. The second-order valence-electron chi connectivity index (χ2n) is 3.95. The number of hydrogen-bond donors (Lipinski definition) is 0. The molecule has 0 radical (unpaired) electrons. The number of anilines is 1. The van der Waals surface area contributed by atoms with Crippen LogP contribution in [0.1, 0.15) is 18.9 Å². The number of nitrogens with zero attached hydrogens (tertiary/aromatic N) is 1. The fourth-order valence-corrected chi connectivity index (χ4v) is 1.92. The van der Waals surface area contributed by atoms with Crippen LogP contribution in [0.25, 0.3) is 0 Å². The molecule has 0 N–H and O–H groups in total. The summed E-state index contributed by atoms with van der Waals surface area (Å²) in [5.74, 6) is -0.462. The number of fused-ring (bicyclic) bond motifs is 1. The number of carbonyl (C=O) groups excluding carboxylic acids is 2. The number of ketones is 1. The molecule has 0 aromatic heterocycles. The van der Waals surface area contributed by atoms with Gasteiger partial charge in [0.1, 0.15) is 11.6 Å². The van der Waals surface area contributed by atoms with E-state index in [0.29, 0.717) is 18.5 Å². The Morgan fingerprint density at radius 3 is 2.88 bits per heavy atom. The molecule has 0 fully saturated rings. The van der Waals surface area contributed by atoms with Crippen molar-refractivity contribution >= 4 is 17.4 Å². The minimum absolute atomic E-state index is 0.0669. The lowest BCUT2D eigenvalue weighted by molar-refractivity contribution is -0.122. The van der Waals surface area contributed by atoms with Crippen LogP contribution in [0.3, 0.4) is 0 Å². The highest BCUT2D eigenvalue weighted by Crippen LogP contribution is 2.28. The molecule has 0 atom stereocenters. The molecule has 1 amide bonds. The molecule has 1 heterocycles. The maximum Gasteiger partial charge on any atom is 0.227 e. The fourth-order valence-electron chi connectivity index (χ4n) is 1.92. The van der Waals surface area contributed by atoms with E-state index in [2.05, 4.69) is 0 Å². The Morgan fingerprint density at radius 2 is 2.19 bits per heavy atom. The van der Waals surface area contributed by atoms with Crippen molar-refractivity contribution in [2.24, 2.45) is 0 Å². The maximum absolute atomic E-state index is 13.0. The Morgan fingerprint density at radius 1 is 1.44 bits per heavy atom. The highest BCUT2D eigenvalue weighted by atomic mass is 19.1. The minimum atomic E-state index is -0.309. The van der Waals surface area contributed by atoms with E-state index in [4.69, 9.17) is 0 Å². The Hall–Kier alpha value is -1.71. The maximum atomic E-state index is 13.0. The van der Waals surface area contributed by atoms with Gasteiger partial charge >= 0.3 is 0 Å². The van der Waals surface area contributed by atoms with Gasteiger partial charge in [-0.15, -0.1) is 0 Å². The minimum Gasteiger partial charge on any atom is -0.305 e. The molecule has 0 spiro atoms. The molecule has 1 aliphatic rings.